The van der Waals surface area contributed by atoms with Gasteiger partial charge in [-0.25, -0.2) is 0 Å². The molecule has 1 aromatic rings. The normalized spacial score (nSPS) is 23.5. The molecular weight excluding hydrogens is 266 g/mol. The molecule has 0 N–H and O–H groups in total. The Labute approximate surface area is 126 Å². The quantitative estimate of drug-likeness (QED) is 0.840. The molecule has 1 atom stereocenters. The molecule has 0 aliphatic carbocycles. The fourth-order valence-corrected chi connectivity index (χ4v) is 3.36. The Balaban J connectivity index is 1.83. The molecule has 1 amide bonds. The lowest BCUT2D eigenvalue weighted by Gasteiger charge is -2.38. The van der Waals surface area contributed by atoms with E-state index < -0.39 is 0 Å². The summed E-state index contributed by atoms with van der Waals surface area (Å²) < 4.78 is 11.3. The van der Waals surface area contributed by atoms with Gasteiger partial charge in [0.05, 0.1) is 19.3 Å². The molecule has 21 heavy (non-hydrogen) atoms. The van der Waals surface area contributed by atoms with Crippen LogP contribution in [-0.2, 0) is 9.47 Å². The van der Waals surface area contributed by atoms with Crippen LogP contribution in [0.1, 0.15) is 40.7 Å². The lowest BCUT2D eigenvalue weighted by molar-refractivity contribution is -0.100. The zero-order valence-corrected chi connectivity index (χ0v) is 12.8. The van der Waals surface area contributed by atoms with Crippen LogP contribution in [0.5, 0.6) is 0 Å². The van der Waals surface area contributed by atoms with Gasteiger partial charge in [0, 0.05) is 12.1 Å². The van der Waals surface area contributed by atoms with Crippen LogP contribution in [0.3, 0.4) is 0 Å². The number of hydrogen-bond acceptors (Lipinski definition) is 3. The van der Waals surface area contributed by atoms with Crippen LogP contribution >= 0.6 is 0 Å². The molecule has 0 unspecified atom stereocenters. The maximum Gasteiger partial charge on any atom is 0.254 e. The highest BCUT2D eigenvalue weighted by atomic mass is 16.7. The van der Waals surface area contributed by atoms with Crippen molar-refractivity contribution >= 4 is 5.91 Å². The van der Waals surface area contributed by atoms with Gasteiger partial charge >= 0.3 is 0 Å². The monoisotopic (exact) mass is 289 g/mol. The maximum atomic E-state index is 12.9. The van der Waals surface area contributed by atoms with Gasteiger partial charge in [0.15, 0.2) is 6.29 Å². The van der Waals surface area contributed by atoms with E-state index in [4.69, 9.17) is 9.47 Å². The van der Waals surface area contributed by atoms with Crippen LogP contribution in [0.4, 0.5) is 0 Å². The number of piperidine rings is 1. The molecular formula is C17H23NO3. The summed E-state index contributed by atoms with van der Waals surface area (Å²) >= 11 is 0. The minimum absolute atomic E-state index is 0.0505. The number of rotatable bonds is 2. The summed E-state index contributed by atoms with van der Waals surface area (Å²) in [6, 6.07) is 6.08. The smallest absolute Gasteiger partial charge is 0.254 e. The molecule has 2 aliphatic rings. The van der Waals surface area contributed by atoms with E-state index in [-0.39, 0.29) is 18.2 Å². The number of amides is 1. The average Bonchev–Trinajstić information content (AvgIpc) is 2.99. The predicted molar refractivity (Wildman–Crippen MR) is 80.3 cm³/mol. The van der Waals surface area contributed by atoms with Gasteiger partial charge < -0.3 is 14.4 Å². The van der Waals surface area contributed by atoms with Gasteiger partial charge in [-0.2, -0.15) is 0 Å². The van der Waals surface area contributed by atoms with Gasteiger partial charge in [0.25, 0.3) is 5.91 Å². The summed E-state index contributed by atoms with van der Waals surface area (Å²) in [5, 5.41) is 0. The Morgan fingerprint density at radius 1 is 1.10 bits per heavy atom. The first-order valence-electron chi connectivity index (χ1n) is 7.77. The predicted octanol–water partition coefficient (Wildman–Crippen LogP) is 2.67. The minimum Gasteiger partial charge on any atom is -0.348 e. The Morgan fingerprint density at radius 3 is 2.43 bits per heavy atom. The van der Waals surface area contributed by atoms with E-state index in [0.29, 0.717) is 13.2 Å². The highest BCUT2D eigenvalue weighted by Crippen LogP contribution is 2.26. The van der Waals surface area contributed by atoms with Gasteiger partial charge in [-0.3, -0.25) is 4.79 Å². The summed E-state index contributed by atoms with van der Waals surface area (Å²) in [5.74, 6) is 0.102. The highest BCUT2D eigenvalue weighted by molar-refractivity contribution is 5.95. The van der Waals surface area contributed by atoms with E-state index in [1.165, 1.54) is 0 Å². The molecule has 0 radical (unpaired) electrons. The Hall–Kier alpha value is -1.39. The largest absolute Gasteiger partial charge is 0.348 e. The molecule has 114 valence electrons. The van der Waals surface area contributed by atoms with Gasteiger partial charge in [0.2, 0.25) is 0 Å². The van der Waals surface area contributed by atoms with Crippen molar-refractivity contribution in [2.24, 2.45) is 0 Å². The minimum atomic E-state index is -0.250. The molecule has 3 rings (SSSR count). The molecule has 2 saturated heterocycles. The molecule has 0 spiro atoms. The summed E-state index contributed by atoms with van der Waals surface area (Å²) in [7, 11) is 0. The molecule has 2 heterocycles. The molecule has 1 aromatic carbocycles. The first-order chi connectivity index (χ1) is 10.1. The fourth-order valence-electron chi connectivity index (χ4n) is 3.36. The third kappa shape index (κ3) is 3.11. The van der Waals surface area contributed by atoms with E-state index in [2.05, 4.69) is 6.07 Å². The van der Waals surface area contributed by atoms with Crippen molar-refractivity contribution in [2.75, 3.05) is 19.8 Å². The van der Waals surface area contributed by atoms with Crippen LogP contribution in [0.25, 0.3) is 0 Å². The van der Waals surface area contributed by atoms with E-state index in [9.17, 15) is 4.79 Å². The molecule has 2 fully saturated rings. The van der Waals surface area contributed by atoms with Gasteiger partial charge in [-0.15, -0.1) is 0 Å². The molecule has 0 saturated carbocycles. The Kier molecular flexibility index (Phi) is 4.27. The van der Waals surface area contributed by atoms with Crippen molar-refractivity contribution in [1.82, 2.24) is 4.90 Å². The van der Waals surface area contributed by atoms with Crippen molar-refractivity contribution in [3.05, 3.63) is 34.9 Å². The number of carbonyl (C=O) groups excluding carboxylic acids is 1. The SMILES string of the molecule is Cc1cc(C)cc(C(=O)N2CCCC[C@@H]2C2OCCO2)c1. The maximum absolute atomic E-state index is 12.9. The average molecular weight is 289 g/mol. The van der Waals surface area contributed by atoms with Gasteiger partial charge in [0.1, 0.15) is 0 Å². The number of likely N-dealkylation sites (tertiary alicyclic amines) is 1. The summed E-state index contributed by atoms with van der Waals surface area (Å²) in [4.78, 5) is 14.8. The molecule has 0 bridgehead atoms. The molecule has 4 nitrogen and oxygen atoms in total. The molecule has 0 aromatic heterocycles. The first kappa shape index (κ1) is 14.5. The topological polar surface area (TPSA) is 38.8 Å². The summed E-state index contributed by atoms with van der Waals surface area (Å²) in [6.07, 6.45) is 2.89. The van der Waals surface area contributed by atoms with E-state index in [1.807, 2.05) is 30.9 Å². The molecule has 2 aliphatic heterocycles. The van der Waals surface area contributed by atoms with Crippen LogP contribution in [0, 0.1) is 13.8 Å². The number of nitrogens with zero attached hydrogens (tertiary/aromatic N) is 1. The van der Waals surface area contributed by atoms with E-state index >= 15 is 0 Å². The van der Waals surface area contributed by atoms with E-state index in [1.54, 1.807) is 0 Å². The lowest BCUT2D eigenvalue weighted by atomic mass is 9.99. The number of aryl methyl sites for hydroxylation is 2. The summed E-state index contributed by atoms with van der Waals surface area (Å²) in [6.45, 7) is 6.11. The van der Waals surface area contributed by atoms with Crippen LogP contribution in [0.2, 0.25) is 0 Å². The second-order valence-electron chi connectivity index (χ2n) is 6.05. The molecule has 4 heteroatoms. The van der Waals surface area contributed by atoms with Crippen LogP contribution in [0.15, 0.2) is 18.2 Å². The fraction of sp³-hybridized carbons (Fsp3) is 0.588. The second-order valence-corrected chi connectivity index (χ2v) is 6.05. The summed E-state index contributed by atoms with van der Waals surface area (Å²) in [5.41, 5.74) is 3.03. The number of hydrogen-bond donors (Lipinski definition) is 0. The third-order valence-electron chi connectivity index (χ3n) is 4.24. The lowest BCUT2D eigenvalue weighted by Crippen LogP contribution is -2.50. The zero-order valence-electron chi connectivity index (χ0n) is 12.8. The Bertz CT molecular complexity index is 503. The van der Waals surface area contributed by atoms with Crippen molar-refractivity contribution < 1.29 is 14.3 Å². The highest BCUT2D eigenvalue weighted by Gasteiger charge is 2.36. The van der Waals surface area contributed by atoms with Crippen LogP contribution < -0.4 is 0 Å². The van der Waals surface area contributed by atoms with Gasteiger partial charge in [-0.1, -0.05) is 17.2 Å². The first-order valence-corrected chi connectivity index (χ1v) is 7.77. The number of ether oxygens (including phenoxy) is 2. The zero-order chi connectivity index (χ0) is 14.8. The van der Waals surface area contributed by atoms with Crippen molar-refractivity contribution in [2.45, 2.75) is 45.4 Å². The van der Waals surface area contributed by atoms with Crippen LogP contribution in [-0.4, -0.2) is 42.9 Å². The standard InChI is InChI=1S/C17H23NO3/c1-12-9-13(2)11-14(10-12)16(19)18-6-4-3-5-15(18)17-20-7-8-21-17/h9-11,15,17H,3-8H2,1-2H3/t15-/m1/s1. The Morgan fingerprint density at radius 2 is 1.76 bits per heavy atom. The van der Waals surface area contributed by atoms with E-state index in [0.717, 1.165) is 42.5 Å². The van der Waals surface area contributed by atoms with Gasteiger partial charge in [-0.05, 0) is 45.2 Å². The van der Waals surface area contributed by atoms with Crippen molar-refractivity contribution in [3.8, 4) is 0 Å². The van der Waals surface area contributed by atoms with Crippen molar-refractivity contribution in [1.29, 1.82) is 0 Å². The number of carbonyl (C=O) groups is 1. The van der Waals surface area contributed by atoms with Crippen molar-refractivity contribution in [3.63, 3.8) is 0 Å². The number of benzene rings is 1. The second kappa shape index (κ2) is 6.16. The third-order valence-corrected chi connectivity index (χ3v) is 4.24.